The van der Waals surface area contributed by atoms with E-state index >= 15 is 0 Å². The average Bonchev–Trinajstić information content (AvgIpc) is 2.98. The molecule has 1 spiro atoms. The van der Waals surface area contributed by atoms with Crippen LogP contribution in [-0.2, 0) is 16.0 Å². The lowest BCUT2D eigenvalue weighted by Gasteiger charge is -2.47. The van der Waals surface area contributed by atoms with Gasteiger partial charge < -0.3 is 19.7 Å². The van der Waals surface area contributed by atoms with Crippen LogP contribution in [0.4, 0.5) is 4.79 Å². The molecule has 2 aliphatic rings. The van der Waals surface area contributed by atoms with Crippen LogP contribution in [0.15, 0.2) is 10.9 Å². The van der Waals surface area contributed by atoms with Crippen LogP contribution in [0, 0.1) is 0 Å². The minimum absolute atomic E-state index is 0.0379. The van der Waals surface area contributed by atoms with Gasteiger partial charge in [0, 0.05) is 38.0 Å². The summed E-state index contributed by atoms with van der Waals surface area (Å²) in [6, 6.07) is -0.0379. The first-order valence-corrected chi connectivity index (χ1v) is 8.27. The first kappa shape index (κ1) is 14.7. The second-order valence-corrected chi connectivity index (χ2v) is 6.46. The van der Waals surface area contributed by atoms with E-state index in [9.17, 15) is 4.79 Å². The molecule has 1 aromatic rings. The lowest BCUT2D eigenvalue weighted by molar-refractivity contribution is -0.175. The molecular formula is C14H21N3O3S. The molecule has 0 radical (unpaired) electrons. The first-order valence-electron chi connectivity index (χ1n) is 7.32. The number of amides is 2. The lowest BCUT2D eigenvalue weighted by Crippen LogP contribution is -2.60. The Morgan fingerprint density at radius 2 is 2.38 bits per heavy atom. The van der Waals surface area contributed by atoms with Crippen LogP contribution in [0.5, 0.6) is 0 Å². The standard InChI is InChI=1S/C14H21N3O3S/c1-11-7-17(9-14(20-11)2-4-19-5-3-14)13(18)15-6-12-8-21-10-16-12/h8,10-11H,2-7,9H2,1H3,(H,15,18). The zero-order valence-corrected chi connectivity index (χ0v) is 13.0. The number of nitrogens with zero attached hydrogens (tertiary/aromatic N) is 2. The molecule has 7 heteroatoms. The number of hydrogen-bond donors (Lipinski definition) is 1. The first-order chi connectivity index (χ1) is 10.2. The molecular weight excluding hydrogens is 290 g/mol. The van der Waals surface area contributed by atoms with Crippen LogP contribution in [0.25, 0.3) is 0 Å². The molecule has 0 bridgehead atoms. The van der Waals surface area contributed by atoms with E-state index in [2.05, 4.69) is 10.3 Å². The molecule has 3 heterocycles. The molecule has 1 unspecified atom stereocenters. The number of thiazole rings is 1. The Kier molecular flexibility index (Phi) is 4.42. The van der Waals surface area contributed by atoms with E-state index in [4.69, 9.17) is 9.47 Å². The fourth-order valence-corrected chi connectivity index (χ4v) is 3.56. The van der Waals surface area contributed by atoms with Crippen molar-refractivity contribution < 1.29 is 14.3 Å². The second kappa shape index (κ2) is 6.29. The number of ether oxygens (including phenoxy) is 2. The highest BCUT2D eigenvalue weighted by atomic mass is 32.1. The molecule has 116 valence electrons. The summed E-state index contributed by atoms with van der Waals surface area (Å²) in [7, 11) is 0. The van der Waals surface area contributed by atoms with Gasteiger partial charge in [0.05, 0.1) is 36.0 Å². The van der Waals surface area contributed by atoms with Gasteiger partial charge in [-0.05, 0) is 6.92 Å². The van der Waals surface area contributed by atoms with Crippen molar-refractivity contribution in [2.45, 2.75) is 38.0 Å². The van der Waals surface area contributed by atoms with Gasteiger partial charge in [0.15, 0.2) is 0 Å². The van der Waals surface area contributed by atoms with Crippen LogP contribution in [-0.4, -0.2) is 53.9 Å². The van der Waals surface area contributed by atoms with Crippen LogP contribution in [0.2, 0.25) is 0 Å². The number of urea groups is 1. The Labute approximate surface area is 128 Å². The van der Waals surface area contributed by atoms with Gasteiger partial charge in [-0.15, -0.1) is 11.3 Å². The minimum Gasteiger partial charge on any atom is -0.381 e. The molecule has 1 aromatic heterocycles. The van der Waals surface area contributed by atoms with Gasteiger partial charge in [-0.3, -0.25) is 0 Å². The molecule has 0 aliphatic carbocycles. The Hall–Kier alpha value is -1.18. The Morgan fingerprint density at radius 1 is 1.57 bits per heavy atom. The summed E-state index contributed by atoms with van der Waals surface area (Å²) in [5, 5.41) is 4.89. The van der Waals surface area contributed by atoms with E-state index in [-0.39, 0.29) is 17.7 Å². The average molecular weight is 311 g/mol. The van der Waals surface area contributed by atoms with Crippen molar-refractivity contribution in [3.8, 4) is 0 Å². The summed E-state index contributed by atoms with van der Waals surface area (Å²) in [6.07, 6.45) is 1.77. The minimum atomic E-state index is -0.228. The third-order valence-corrected chi connectivity index (χ3v) is 4.64. The molecule has 6 nitrogen and oxygen atoms in total. The molecule has 0 aromatic carbocycles. The number of hydrogen-bond acceptors (Lipinski definition) is 5. The highest BCUT2D eigenvalue weighted by Crippen LogP contribution is 2.31. The van der Waals surface area contributed by atoms with Gasteiger partial charge in [0.2, 0.25) is 0 Å². The van der Waals surface area contributed by atoms with Crippen molar-refractivity contribution in [1.29, 1.82) is 0 Å². The molecule has 2 aliphatic heterocycles. The number of aromatic nitrogens is 1. The summed E-state index contributed by atoms with van der Waals surface area (Å²) in [4.78, 5) is 18.4. The fraction of sp³-hybridized carbons (Fsp3) is 0.714. The van der Waals surface area contributed by atoms with E-state index in [0.717, 1.165) is 18.5 Å². The van der Waals surface area contributed by atoms with Crippen molar-refractivity contribution in [3.63, 3.8) is 0 Å². The molecule has 2 fully saturated rings. The smallest absolute Gasteiger partial charge is 0.317 e. The Balaban J connectivity index is 1.59. The molecule has 0 saturated carbocycles. The number of rotatable bonds is 2. The van der Waals surface area contributed by atoms with Crippen molar-refractivity contribution >= 4 is 17.4 Å². The number of morpholine rings is 1. The van der Waals surface area contributed by atoms with Crippen molar-refractivity contribution in [2.24, 2.45) is 0 Å². The predicted molar refractivity (Wildman–Crippen MR) is 79.3 cm³/mol. The molecule has 21 heavy (non-hydrogen) atoms. The summed E-state index contributed by atoms with van der Waals surface area (Å²) in [5.41, 5.74) is 2.44. The highest BCUT2D eigenvalue weighted by Gasteiger charge is 2.42. The third-order valence-electron chi connectivity index (χ3n) is 4.00. The second-order valence-electron chi connectivity index (χ2n) is 5.74. The summed E-state index contributed by atoms with van der Waals surface area (Å²) >= 11 is 1.53. The van der Waals surface area contributed by atoms with Crippen LogP contribution < -0.4 is 5.32 Å². The largest absolute Gasteiger partial charge is 0.381 e. The summed E-state index contributed by atoms with van der Waals surface area (Å²) < 4.78 is 11.6. The molecule has 2 amide bonds. The maximum absolute atomic E-state index is 12.4. The topological polar surface area (TPSA) is 63.7 Å². The monoisotopic (exact) mass is 311 g/mol. The highest BCUT2D eigenvalue weighted by molar-refractivity contribution is 7.07. The van der Waals surface area contributed by atoms with Crippen LogP contribution in [0.3, 0.4) is 0 Å². The van der Waals surface area contributed by atoms with E-state index in [0.29, 0.717) is 32.8 Å². The van der Waals surface area contributed by atoms with Gasteiger partial charge in [0.1, 0.15) is 0 Å². The SMILES string of the molecule is CC1CN(C(=O)NCc2cscn2)CC2(CCOCC2)O1. The number of carbonyl (C=O) groups excluding carboxylic acids is 1. The third kappa shape index (κ3) is 3.53. The molecule has 3 rings (SSSR count). The van der Waals surface area contributed by atoms with Crippen LogP contribution >= 0.6 is 11.3 Å². The van der Waals surface area contributed by atoms with Gasteiger partial charge in [-0.2, -0.15) is 0 Å². The van der Waals surface area contributed by atoms with Crippen molar-refractivity contribution in [2.75, 3.05) is 26.3 Å². The normalized spacial score (nSPS) is 25.0. The van der Waals surface area contributed by atoms with Gasteiger partial charge in [0.25, 0.3) is 0 Å². The maximum Gasteiger partial charge on any atom is 0.317 e. The molecule has 2 saturated heterocycles. The van der Waals surface area contributed by atoms with E-state index in [1.807, 2.05) is 17.2 Å². The molecule has 1 N–H and O–H groups in total. The van der Waals surface area contributed by atoms with Crippen LogP contribution in [0.1, 0.15) is 25.5 Å². The van der Waals surface area contributed by atoms with Crippen molar-refractivity contribution in [3.05, 3.63) is 16.6 Å². The maximum atomic E-state index is 12.4. The fourth-order valence-electron chi connectivity index (χ4n) is 3.00. The zero-order chi connectivity index (χ0) is 14.7. The van der Waals surface area contributed by atoms with E-state index in [1.165, 1.54) is 11.3 Å². The number of carbonyl (C=O) groups is 1. The van der Waals surface area contributed by atoms with Gasteiger partial charge in [-0.1, -0.05) is 0 Å². The lowest BCUT2D eigenvalue weighted by atomic mass is 9.91. The molecule has 1 atom stereocenters. The van der Waals surface area contributed by atoms with E-state index in [1.54, 1.807) is 5.51 Å². The predicted octanol–water partition coefficient (Wildman–Crippen LogP) is 1.62. The quantitative estimate of drug-likeness (QED) is 0.901. The van der Waals surface area contributed by atoms with Gasteiger partial charge >= 0.3 is 6.03 Å². The summed E-state index contributed by atoms with van der Waals surface area (Å²) in [6.45, 7) is 5.19. The van der Waals surface area contributed by atoms with E-state index < -0.39 is 0 Å². The Morgan fingerprint density at radius 3 is 3.10 bits per heavy atom. The van der Waals surface area contributed by atoms with Crippen molar-refractivity contribution in [1.82, 2.24) is 15.2 Å². The van der Waals surface area contributed by atoms with Gasteiger partial charge in [-0.25, -0.2) is 9.78 Å². The summed E-state index contributed by atoms with van der Waals surface area (Å²) in [5.74, 6) is 0. The zero-order valence-electron chi connectivity index (χ0n) is 12.2. The Bertz CT molecular complexity index is 474. The number of nitrogens with one attached hydrogen (secondary N) is 1.